The SMILES string of the molecule is CC(C)C(N)Cc1nc(C2CSCCS2)no1. The Morgan fingerprint density at radius 3 is 2.94 bits per heavy atom. The Hall–Kier alpha value is -0.200. The normalized spacial score (nSPS) is 22.9. The summed E-state index contributed by atoms with van der Waals surface area (Å²) in [6.45, 7) is 4.21. The van der Waals surface area contributed by atoms with E-state index >= 15 is 0 Å². The predicted octanol–water partition coefficient (Wildman–Crippen LogP) is 2.12. The summed E-state index contributed by atoms with van der Waals surface area (Å²) in [7, 11) is 0. The predicted molar refractivity (Wildman–Crippen MR) is 73.3 cm³/mol. The fourth-order valence-corrected chi connectivity index (χ4v) is 4.14. The van der Waals surface area contributed by atoms with Crippen molar-refractivity contribution >= 4 is 23.5 Å². The summed E-state index contributed by atoms with van der Waals surface area (Å²) in [4.78, 5) is 4.46. The van der Waals surface area contributed by atoms with Gasteiger partial charge < -0.3 is 10.3 Å². The quantitative estimate of drug-likeness (QED) is 0.906. The molecule has 1 aliphatic heterocycles. The zero-order valence-electron chi connectivity index (χ0n) is 10.3. The number of nitrogens with zero attached hydrogens (tertiary/aromatic N) is 2. The third kappa shape index (κ3) is 3.63. The highest BCUT2D eigenvalue weighted by atomic mass is 32.2. The topological polar surface area (TPSA) is 64.9 Å². The van der Waals surface area contributed by atoms with Crippen LogP contribution in [0.2, 0.25) is 0 Å². The first-order valence-corrected chi connectivity index (χ1v) is 8.14. The van der Waals surface area contributed by atoms with E-state index in [2.05, 4.69) is 24.0 Å². The van der Waals surface area contributed by atoms with Crippen LogP contribution in [-0.4, -0.2) is 33.4 Å². The number of nitrogens with two attached hydrogens (primary N) is 1. The summed E-state index contributed by atoms with van der Waals surface area (Å²) in [5, 5.41) is 4.47. The lowest BCUT2D eigenvalue weighted by atomic mass is 10.0. The average Bonchev–Trinajstić information content (AvgIpc) is 2.78. The molecular weight excluding hydrogens is 254 g/mol. The second kappa shape index (κ2) is 6.11. The Balaban J connectivity index is 1.95. The maximum absolute atomic E-state index is 6.00. The first kappa shape index (κ1) is 13.2. The molecule has 0 saturated carbocycles. The molecule has 0 aliphatic carbocycles. The van der Waals surface area contributed by atoms with Gasteiger partial charge in [-0.2, -0.15) is 16.7 Å². The van der Waals surface area contributed by atoms with E-state index in [0.717, 1.165) is 11.6 Å². The minimum absolute atomic E-state index is 0.0942. The molecule has 1 fully saturated rings. The fraction of sp³-hybridized carbons (Fsp3) is 0.818. The molecule has 2 atom stereocenters. The van der Waals surface area contributed by atoms with Gasteiger partial charge in [0.25, 0.3) is 0 Å². The van der Waals surface area contributed by atoms with Crippen LogP contribution >= 0.6 is 23.5 Å². The van der Waals surface area contributed by atoms with E-state index < -0.39 is 0 Å². The van der Waals surface area contributed by atoms with E-state index in [9.17, 15) is 0 Å². The summed E-state index contributed by atoms with van der Waals surface area (Å²) in [6.07, 6.45) is 0.676. The first-order chi connectivity index (χ1) is 8.16. The number of hydrogen-bond donors (Lipinski definition) is 1. The van der Waals surface area contributed by atoms with Gasteiger partial charge in [0.15, 0.2) is 5.82 Å². The molecule has 1 aromatic rings. The van der Waals surface area contributed by atoms with Crippen LogP contribution in [0.15, 0.2) is 4.52 Å². The molecule has 1 aromatic heterocycles. The van der Waals surface area contributed by atoms with Gasteiger partial charge in [-0.1, -0.05) is 19.0 Å². The Kier molecular flexibility index (Phi) is 4.76. The molecule has 0 spiro atoms. The van der Waals surface area contributed by atoms with Crippen LogP contribution in [0, 0.1) is 5.92 Å². The van der Waals surface area contributed by atoms with Crippen LogP contribution < -0.4 is 5.73 Å². The summed E-state index contributed by atoms with van der Waals surface area (Å²) in [6, 6.07) is 0.0942. The summed E-state index contributed by atoms with van der Waals surface area (Å²) >= 11 is 3.88. The lowest BCUT2D eigenvalue weighted by molar-refractivity contribution is 0.349. The lowest BCUT2D eigenvalue weighted by Gasteiger charge is -2.17. The first-order valence-electron chi connectivity index (χ1n) is 5.94. The van der Waals surface area contributed by atoms with Crippen LogP contribution in [0.1, 0.15) is 30.8 Å². The van der Waals surface area contributed by atoms with E-state index in [1.807, 2.05) is 23.5 Å². The van der Waals surface area contributed by atoms with E-state index in [1.54, 1.807) is 0 Å². The molecular formula is C11H19N3OS2. The van der Waals surface area contributed by atoms with Crippen molar-refractivity contribution in [2.24, 2.45) is 11.7 Å². The number of hydrogen-bond acceptors (Lipinski definition) is 6. The molecule has 96 valence electrons. The van der Waals surface area contributed by atoms with Gasteiger partial charge in [-0.25, -0.2) is 0 Å². The second-order valence-corrected chi connectivity index (χ2v) is 7.05. The summed E-state index contributed by atoms with van der Waals surface area (Å²) < 4.78 is 5.27. The third-order valence-electron chi connectivity index (χ3n) is 2.85. The molecule has 4 nitrogen and oxygen atoms in total. The van der Waals surface area contributed by atoms with Gasteiger partial charge in [0.05, 0.1) is 5.25 Å². The van der Waals surface area contributed by atoms with Crippen LogP contribution in [0.5, 0.6) is 0 Å². The van der Waals surface area contributed by atoms with Crippen molar-refractivity contribution in [3.05, 3.63) is 11.7 Å². The van der Waals surface area contributed by atoms with E-state index in [-0.39, 0.29) is 6.04 Å². The molecule has 17 heavy (non-hydrogen) atoms. The van der Waals surface area contributed by atoms with Crippen LogP contribution in [0.4, 0.5) is 0 Å². The Bertz CT molecular complexity index is 350. The Morgan fingerprint density at radius 1 is 1.47 bits per heavy atom. The molecule has 2 N–H and O–H groups in total. The van der Waals surface area contributed by atoms with Crippen molar-refractivity contribution in [1.29, 1.82) is 0 Å². The van der Waals surface area contributed by atoms with Crippen molar-refractivity contribution in [2.45, 2.75) is 31.6 Å². The Morgan fingerprint density at radius 2 is 2.29 bits per heavy atom. The number of aromatic nitrogens is 2. The van der Waals surface area contributed by atoms with Crippen molar-refractivity contribution < 1.29 is 4.52 Å². The molecule has 0 amide bonds. The van der Waals surface area contributed by atoms with Crippen molar-refractivity contribution in [2.75, 3.05) is 17.3 Å². The van der Waals surface area contributed by atoms with Gasteiger partial charge >= 0.3 is 0 Å². The van der Waals surface area contributed by atoms with Gasteiger partial charge in [0, 0.05) is 29.7 Å². The highest BCUT2D eigenvalue weighted by molar-refractivity contribution is 8.06. The minimum Gasteiger partial charge on any atom is -0.339 e. The van der Waals surface area contributed by atoms with E-state index in [0.29, 0.717) is 23.5 Å². The standard InChI is InChI=1S/C11H19N3OS2/c1-7(2)8(12)5-10-13-11(14-15-10)9-6-16-3-4-17-9/h7-9H,3-6,12H2,1-2H3. The fourth-order valence-electron chi connectivity index (χ4n) is 1.56. The summed E-state index contributed by atoms with van der Waals surface area (Å²) in [5.41, 5.74) is 6.00. The monoisotopic (exact) mass is 273 g/mol. The zero-order chi connectivity index (χ0) is 12.3. The van der Waals surface area contributed by atoms with Crippen molar-refractivity contribution in [1.82, 2.24) is 10.1 Å². The van der Waals surface area contributed by atoms with Gasteiger partial charge in [0.2, 0.25) is 5.89 Å². The van der Waals surface area contributed by atoms with Crippen LogP contribution in [-0.2, 0) is 6.42 Å². The molecule has 2 rings (SSSR count). The Labute approximate surface area is 110 Å². The minimum atomic E-state index is 0.0942. The van der Waals surface area contributed by atoms with Crippen LogP contribution in [0.3, 0.4) is 0 Å². The lowest BCUT2D eigenvalue weighted by Crippen LogP contribution is -2.28. The number of rotatable bonds is 4. The van der Waals surface area contributed by atoms with Crippen molar-refractivity contribution in [3.63, 3.8) is 0 Å². The smallest absolute Gasteiger partial charge is 0.228 e. The van der Waals surface area contributed by atoms with Gasteiger partial charge in [-0.3, -0.25) is 0 Å². The maximum Gasteiger partial charge on any atom is 0.228 e. The van der Waals surface area contributed by atoms with E-state index in [4.69, 9.17) is 10.3 Å². The van der Waals surface area contributed by atoms with Gasteiger partial charge in [-0.15, -0.1) is 11.8 Å². The number of thioether (sulfide) groups is 2. The summed E-state index contributed by atoms with van der Waals surface area (Å²) in [5.74, 6) is 5.43. The molecule has 2 unspecified atom stereocenters. The molecule has 2 heterocycles. The highest BCUT2D eigenvalue weighted by Crippen LogP contribution is 2.35. The zero-order valence-corrected chi connectivity index (χ0v) is 11.9. The molecule has 0 bridgehead atoms. The van der Waals surface area contributed by atoms with E-state index in [1.165, 1.54) is 11.5 Å². The average molecular weight is 273 g/mol. The van der Waals surface area contributed by atoms with Gasteiger partial charge in [0.1, 0.15) is 0 Å². The van der Waals surface area contributed by atoms with Gasteiger partial charge in [-0.05, 0) is 5.92 Å². The molecule has 0 aromatic carbocycles. The van der Waals surface area contributed by atoms with Crippen molar-refractivity contribution in [3.8, 4) is 0 Å². The molecule has 6 heteroatoms. The maximum atomic E-state index is 6.00. The molecule has 1 saturated heterocycles. The molecule has 0 radical (unpaired) electrons. The van der Waals surface area contributed by atoms with Crippen LogP contribution in [0.25, 0.3) is 0 Å². The second-order valence-electron chi connectivity index (χ2n) is 4.59. The third-order valence-corrected chi connectivity index (χ3v) is 5.61. The largest absolute Gasteiger partial charge is 0.339 e. The molecule has 1 aliphatic rings. The highest BCUT2D eigenvalue weighted by Gasteiger charge is 2.22.